The van der Waals surface area contributed by atoms with E-state index in [1.165, 1.54) is 12.1 Å². The highest BCUT2D eigenvalue weighted by atomic mass is 19.1. The van der Waals surface area contributed by atoms with Gasteiger partial charge in [-0.3, -0.25) is 9.59 Å². The topological polar surface area (TPSA) is 77.1 Å². The molecule has 0 aliphatic carbocycles. The Morgan fingerprint density at radius 2 is 1.88 bits per heavy atom. The van der Waals surface area contributed by atoms with Gasteiger partial charge >= 0.3 is 0 Å². The molecule has 2 heterocycles. The van der Waals surface area contributed by atoms with Gasteiger partial charge in [0.15, 0.2) is 11.5 Å². The molecule has 0 radical (unpaired) electrons. The highest BCUT2D eigenvalue weighted by Crippen LogP contribution is 2.37. The van der Waals surface area contributed by atoms with Crippen LogP contribution in [0.15, 0.2) is 66.7 Å². The van der Waals surface area contributed by atoms with E-state index in [-0.39, 0.29) is 44.0 Å². The van der Waals surface area contributed by atoms with E-state index in [9.17, 15) is 14.0 Å². The van der Waals surface area contributed by atoms with Gasteiger partial charge in [-0.05, 0) is 42.0 Å². The highest BCUT2D eigenvalue weighted by molar-refractivity contribution is 6.03. The minimum atomic E-state index is -0.480. The molecular formula is C25H21FN2O5. The number of carbonyl (C=O) groups is 2. The minimum absolute atomic E-state index is 0.120. The zero-order chi connectivity index (χ0) is 22.8. The minimum Gasteiger partial charge on any atom is -0.489 e. The number of carbonyl (C=O) groups excluding carboxylic acids is 2. The summed E-state index contributed by atoms with van der Waals surface area (Å²) < 4.78 is 29.5. The summed E-state index contributed by atoms with van der Waals surface area (Å²) in [6, 6.07) is 18.4. The average Bonchev–Trinajstić information content (AvgIpc) is 3.45. The number of nitrogens with one attached hydrogen (secondary N) is 1. The van der Waals surface area contributed by atoms with Gasteiger partial charge < -0.3 is 24.4 Å². The third-order valence-electron chi connectivity index (χ3n) is 5.58. The van der Waals surface area contributed by atoms with Crippen LogP contribution in [-0.4, -0.2) is 25.2 Å². The number of hydrogen-bond donors (Lipinski definition) is 1. The number of nitrogens with zero attached hydrogens (tertiary/aromatic N) is 1. The zero-order valence-corrected chi connectivity index (χ0v) is 17.6. The van der Waals surface area contributed by atoms with Gasteiger partial charge in [-0.1, -0.05) is 18.2 Å². The van der Waals surface area contributed by atoms with Gasteiger partial charge in [0.2, 0.25) is 18.6 Å². The lowest BCUT2D eigenvalue weighted by atomic mass is 10.1. The second kappa shape index (κ2) is 8.82. The van der Waals surface area contributed by atoms with Crippen LogP contribution < -0.4 is 24.4 Å². The number of fused-ring (bicyclic) bond motifs is 1. The molecule has 2 aliphatic heterocycles. The summed E-state index contributed by atoms with van der Waals surface area (Å²) in [6.45, 7) is 0.717. The van der Waals surface area contributed by atoms with Crippen molar-refractivity contribution < 1.29 is 28.2 Å². The fraction of sp³-hybridized carbons (Fsp3) is 0.200. The fourth-order valence-electron chi connectivity index (χ4n) is 3.84. The zero-order valence-electron chi connectivity index (χ0n) is 17.6. The molecule has 0 unspecified atom stereocenters. The van der Waals surface area contributed by atoms with E-state index in [4.69, 9.17) is 14.2 Å². The van der Waals surface area contributed by atoms with Crippen LogP contribution in [-0.2, 0) is 16.2 Å². The van der Waals surface area contributed by atoms with Gasteiger partial charge in [-0.25, -0.2) is 4.39 Å². The second-order valence-corrected chi connectivity index (χ2v) is 7.88. The molecule has 33 heavy (non-hydrogen) atoms. The van der Waals surface area contributed by atoms with E-state index in [0.29, 0.717) is 28.6 Å². The van der Waals surface area contributed by atoms with Gasteiger partial charge in [0, 0.05) is 36.5 Å². The molecule has 3 aromatic rings. The van der Waals surface area contributed by atoms with Gasteiger partial charge in [-0.2, -0.15) is 0 Å². The molecule has 7 nitrogen and oxygen atoms in total. The van der Waals surface area contributed by atoms with Crippen LogP contribution in [0.3, 0.4) is 0 Å². The second-order valence-electron chi connectivity index (χ2n) is 7.88. The molecule has 2 amide bonds. The van der Waals surface area contributed by atoms with Crippen LogP contribution in [0.4, 0.5) is 15.8 Å². The summed E-state index contributed by atoms with van der Waals surface area (Å²) in [5.74, 6) is 0.666. The average molecular weight is 448 g/mol. The molecule has 0 saturated carbocycles. The Hall–Kier alpha value is -4.07. The lowest BCUT2D eigenvalue weighted by Gasteiger charge is -2.17. The molecule has 5 rings (SSSR count). The summed E-state index contributed by atoms with van der Waals surface area (Å²) in [5, 5.41) is 2.87. The van der Waals surface area contributed by atoms with Gasteiger partial charge in [0.1, 0.15) is 18.2 Å². The summed E-state index contributed by atoms with van der Waals surface area (Å²) in [6.07, 6.45) is 0.126. The van der Waals surface area contributed by atoms with E-state index in [2.05, 4.69) is 5.32 Å². The van der Waals surface area contributed by atoms with Gasteiger partial charge in [0.25, 0.3) is 0 Å². The maximum Gasteiger partial charge on any atom is 0.231 e. The van der Waals surface area contributed by atoms with Crippen molar-refractivity contribution in [3.8, 4) is 17.2 Å². The van der Waals surface area contributed by atoms with Crippen molar-refractivity contribution >= 4 is 23.2 Å². The molecule has 0 spiro atoms. The number of hydrogen-bond acceptors (Lipinski definition) is 5. The largest absolute Gasteiger partial charge is 0.489 e. The molecular weight excluding hydrogens is 427 g/mol. The molecule has 0 bridgehead atoms. The van der Waals surface area contributed by atoms with Crippen molar-refractivity contribution in [1.29, 1.82) is 0 Å². The van der Waals surface area contributed by atoms with Crippen LogP contribution in [0.2, 0.25) is 0 Å². The van der Waals surface area contributed by atoms with E-state index in [1.807, 2.05) is 0 Å². The van der Waals surface area contributed by atoms with Gasteiger partial charge in [-0.15, -0.1) is 0 Å². The van der Waals surface area contributed by atoms with Crippen LogP contribution >= 0.6 is 0 Å². The summed E-state index contributed by atoms with van der Waals surface area (Å²) in [7, 11) is 0. The molecule has 1 saturated heterocycles. The van der Waals surface area contributed by atoms with Crippen LogP contribution in [0.5, 0.6) is 17.2 Å². The Morgan fingerprint density at radius 3 is 2.73 bits per heavy atom. The first-order chi connectivity index (χ1) is 16.0. The Morgan fingerprint density at radius 1 is 1.06 bits per heavy atom. The number of rotatable bonds is 6. The maximum atomic E-state index is 13.0. The van der Waals surface area contributed by atoms with E-state index in [0.717, 1.165) is 5.56 Å². The van der Waals surface area contributed by atoms with E-state index >= 15 is 0 Å². The lowest BCUT2D eigenvalue weighted by molar-refractivity contribution is -0.122. The first-order valence-electron chi connectivity index (χ1n) is 10.5. The first kappa shape index (κ1) is 20.8. The number of anilines is 2. The maximum absolute atomic E-state index is 13.0. The van der Waals surface area contributed by atoms with Crippen LogP contribution in [0, 0.1) is 11.7 Å². The summed E-state index contributed by atoms with van der Waals surface area (Å²) >= 11 is 0. The Labute approximate surface area is 189 Å². The number of benzene rings is 3. The third-order valence-corrected chi connectivity index (χ3v) is 5.58. The van der Waals surface area contributed by atoms with Crippen molar-refractivity contribution in [3.63, 3.8) is 0 Å². The Kier molecular flexibility index (Phi) is 5.56. The predicted molar refractivity (Wildman–Crippen MR) is 119 cm³/mol. The molecule has 0 aromatic heterocycles. The van der Waals surface area contributed by atoms with Gasteiger partial charge in [0.05, 0.1) is 5.92 Å². The quantitative estimate of drug-likeness (QED) is 0.614. The van der Waals surface area contributed by atoms with Crippen molar-refractivity contribution in [2.24, 2.45) is 5.92 Å². The van der Waals surface area contributed by atoms with Crippen molar-refractivity contribution in [3.05, 3.63) is 78.1 Å². The molecule has 1 N–H and O–H groups in total. The fourth-order valence-corrected chi connectivity index (χ4v) is 3.84. The molecule has 8 heteroatoms. The van der Waals surface area contributed by atoms with Crippen LogP contribution in [0.1, 0.15) is 12.0 Å². The van der Waals surface area contributed by atoms with Crippen molar-refractivity contribution in [1.82, 2.24) is 0 Å². The highest BCUT2D eigenvalue weighted by Gasteiger charge is 2.35. The standard InChI is InChI=1S/C25H21FN2O5/c26-18-6-4-16(5-7-18)14-31-21-3-1-2-19(11-21)27-25(30)17-10-24(29)28(13-17)20-8-9-22-23(12-20)33-15-32-22/h1-9,11-12,17H,10,13-15H2,(H,27,30)/t17-/m1/s1. The van der Waals surface area contributed by atoms with Crippen LogP contribution in [0.25, 0.3) is 0 Å². The first-order valence-corrected chi connectivity index (χ1v) is 10.5. The molecule has 1 atom stereocenters. The van der Waals surface area contributed by atoms with E-state index in [1.54, 1.807) is 59.5 Å². The number of amides is 2. The summed E-state index contributed by atoms with van der Waals surface area (Å²) in [4.78, 5) is 27.0. The van der Waals surface area contributed by atoms with E-state index < -0.39 is 5.92 Å². The monoisotopic (exact) mass is 448 g/mol. The lowest BCUT2D eigenvalue weighted by Crippen LogP contribution is -2.28. The number of halogens is 1. The number of ether oxygens (including phenoxy) is 3. The van der Waals surface area contributed by atoms with Crippen molar-refractivity contribution in [2.45, 2.75) is 13.0 Å². The smallest absolute Gasteiger partial charge is 0.231 e. The molecule has 1 fully saturated rings. The molecule has 2 aliphatic rings. The molecule has 3 aromatic carbocycles. The SMILES string of the molecule is O=C(Nc1cccc(OCc2ccc(F)cc2)c1)[C@@H]1CC(=O)N(c2ccc3c(c2)OCO3)C1. The Bertz CT molecular complexity index is 1200. The Balaban J connectivity index is 1.20. The third kappa shape index (κ3) is 4.59. The van der Waals surface area contributed by atoms with Crippen molar-refractivity contribution in [2.75, 3.05) is 23.6 Å². The predicted octanol–water partition coefficient (Wildman–Crippen LogP) is 4.13. The molecule has 168 valence electrons. The summed E-state index contributed by atoms with van der Waals surface area (Å²) in [5.41, 5.74) is 2.08. The normalized spacial score (nSPS) is 16.7.